The summed E-state index contributed by atoms with van der Waals surface area (Å²) < 4.78 is 0. The van der Waals surface area contributed by atoms with E-state index in [4.69, 9.17) is 0 Å². The van der Waals surface area contributed by atoms with E-state index in [0.29, 0.717) is 5.91 Å². The molecule has 3 heteroatoms. The highest BCUT2D eigenvalue weighted by Crippen LogP contribution is 2.27. The van der Waals surface area contributed by atoms with Crippen LogP contribution in [0.5, 0.6) is 0 Å². The minimum atomic E-state index is 0.263. The molecule has 0 aromatic carbocycles. The molecule has 2 aliphatic rings. The third-order valence-electron chi connectivity index (χ3n) is 4.41. The van der Waals surface area contributed by atoms with Crippen molar-refractivity contribution < 1.29 is 4.79 Å². The van der Waals surface area contributed by atoms with Crippen molar-refractivity contribution in [2.75, 3.05) is 19.6 Å². The standard InChI is InChI=1S/C14H26N2O/c1-11-2-4-12(5-3-11)10-16-14(17)13-6-8-15-9-7-13/h11-13,15H,2-10H2,1H3,(H,16,17). The van der Waals surface area contributed by atoms with Gasteiger partial charge in [0.05, 0.1) is 0 Å². The lowest BCUT2D eigenvalue weighted by molar-refractivity contribution is -0.126. The lowest BCUT2D eigenvalue weighted by Gasteiger charge is -2.27. The Morgan fingerprint density at radius 2 is 1.76 bits per heavy atom. The summed E-state index contributed by atoms with van der Waals surface area (Å²) in [6.45, 7) is 5.25. The second-order valence-electron chi connectivity index (χ2n) is 5.90. The summed E-state index contributed by atoms with van der Waals surface area (Å²) in [4.78, 5) is 12.0. The first-order chi connectivity index (χ1) is 8.25. The van der Waals surface area contributed by atoms with Crippen molar-refractivity contribution in [2.24, 2.45) is 17.8 Å². The van der Waals surface area contributed by atoms with Crippen molar-refractivity contribution in [3.05, 3.63) is 0 Å². The number of hydrogen-bond acceptors (Lipinski definition) is 2. The molecular weight excluding hydrogens is 212 g/mol. The minimum Gasteiger partial charge on any atom is -0.356 e. The predicted molar refractivity (Wildman–Crippen MR) is 69.7 cm³/mol. The topological polar surface area (TPSA) is 41.1 Å². The summed E-state index contributed by atoms with van der Waals surface area (Å²) in [5.74, 6) is 2.19. The van der Waals surface area contributed by atoms with Gasteiger partial charge < -0.3 is 10.6 Å². The van der Waals surface area contributed by atoms with Gasteiger partial charge in [-0.25, -0.2) is 0 Å². The number of amides is 1. The number of carbonyl (C=O) groups is 1. The van der Waals surface area contributed by atoms with E-state index in [2.05, 4.69) is 17.6 Å². The van der Waals surface area contributed by atoms with Crippen LogP contribution in [0.1, 0.15) is 45.4 Å². The smallest absolute Gasteiger partial charge is 0.223 e. The summed E-state index contributed by atoms with van der Waals surface area (Å²) in [6, 6.07) is 0. The molecule has 98 valence electrons. The monoisotopic (exact) mass is 238 g/mol. The molecule has 1 heterocycles. The van der Waals surface area contributed by atoms with Crippen molar-refractivity contribution in [1.82, 2.24) is 10.6 Å². The van der Waals surface area contributed by atoms with E-state index >= 15 is 0 Å². The first-order valence-electron chi connectivity index (χ1n) is 7.24. The van der Waals surface area contributed by atoms with E-state index in [1.165, 1.54) is 25.7 Å². The molecule has 2 N–H and O–H groups in total. The number of piperidine rings is 1. The molecule has 0 bridgehead atoms. The Morgan fingerprint density at radius 1 is 1.12 bits per heavy atom. The number of nitrogens with one attached hydrogen (secondary N) is 2. The summed E-state index contributed by atoms with van der Waals surface area (Å²) in [6.07, 6.45) is 7.30. The molecule has 17 heavy (non-hydrogen) atoms. The number of carbonyl (C=O) groups excluding carboxylic acids is 1. The van der Waals surface area contributed by atoms with Crippen molar-refractivity contribution in [3.63, 3.8) is 0 Å². The highest BCUT2D eigenvalue weighted by atomic mass is 16.1. The zero-order valence-corrected chi connectivity index (χ0v) is 11.0. The maximum atomic E-state index is 12.0. The third-order valence-corrected chi connectivity index (χ3v) is 4.41. The molecule has 2 rings (SSSR count). The van der Waals surface area contributed by atoms with E-state index < -0.39 is 0 Å². The van der Waals surface area contributed by atoms with Crippen LogP contribution in [0, 0.1) is 17.8 Å². The Hall–Kier alpha value is -0.570. The molecule has 3 nitrogen and oxygen atoms in total. The largest absolute Gasteiger partial charge is 0.356 e. The summed E-state index contributed by atoms with van der Waals surface area (Å²) in [7, 11) is 0. The molecule has 2 fully saturated rings. The molecule has 0 atom stereocenters. The molecule has 0 radical (unpaired) electrons. The molecule has 1 aliphatic carbocycles. The van der Waals surface area contributed by atoms with Crippen molar-refractivity contribution in [1.29, 1.82) is 0 Å². The zero-order valence-electron chi connectivity index (χ0n) is 11.0. The lowest BCUT2D eigenvalue weighted by Crippen LogP contribution is -2.40. The molecule has 0 unspecified atom stereocenters. The molecule has 1 aliphatic heterocycles. The fourth-order valence-electron chi connectivity index (χ4n) is 3.01. The zero-order chi connectivity index (χ0) is 12.1. The van der Waals surface area contributed by atoms with Crippen LogP contribution in [0.4, 0.5) is 0 Å². The van der Waals surface area contributed by atoms with E-state index in [0.717, 1.165) is 44.3 Å². The van der Waals surface area contributed by atoms with Crippen LogP contribution in [-0.2, 0) is 4.79 Å². The van der Waals surface area contributed by atoms with Crippen LogP contribution in [0.2, 0.25) is 0 Å². The lowest BCUT2D eigenvalue weighted by atomic mass is 9.83. The van der Waals surface area contributed by atoms with Crippen LogP contribution < -0.4 is 10.6 Å². The van der Waals surface area contributed by atoms with Crippen LogP contribution >= 0.6 is 0 Å². The van der Waals surface area contributed by atoms with Gasteiger partial charge in [0.2, 0.25) is 5.91 Å². The van der Waals surface area contributed by atoms with Gasteiger partial charge in [-0.05, 0) is 50.6 Å². The second kappa shape index (κ2) is 6.39. The highest BCUT2D eigenvalue weighted by Gasteiger charge is 2.23. The highest BCUT2D eigenvalue weighted by molar-refractivity contribution is 5.78. The maximum absolute atomic E-state index is 12.0. The molecule has 1 amide bonds. The van der Waals surface area contributed by atoms with Crippen LogP contribution in [0.3, 0.4) is 0 Å². The summed E-state index contributed by atoms with van der Waals surface area (Å²) in [5, 5.41) is 6.47. The van der Waals surface area contributed by atoms with Gasteiger partial charge in [-0.2, -0.15) is 0 Å². The molecule has 1 saturated heterocycles. The quantitative estimate of drug-likeness (QED) is 0.789. The van der Waals surface area contributed by atoms with Gasteiger partial charge in [0.25, 0.3) is 0 Å². The van der Waals surface area contributed by atoms with Gasteiger partial charge in [0, 0.05) is 12.5 Å². The van der Waals surface area contributed by atoms with Gasteiger partial charge in [-0.3, -0.25) is 4.79 Å². The Labute approximate surface area is 105 Å². The van der Waals surface area contributed by atoms with Crippen molar-refractivity contribution in [3.8, 4) is 0 Å². The van der Waals surface area contributed by atoms with Gasteiger partial charge in [0.1, 0.15) is 0 Å². The van der Waals surface area contributed by atoms with Crippen LogP contribution in [-0.4, -0.2) is 25.5 Å². The molecular formula is C14H26N2O. The van der Waals surface area contributed by atoms with Gasteiger partial charge in [0.15, 0.2) is 0 Å². The summed E-state index contributed by atoms with van der Waals surface area (Å²) in [5.41, 5.74) is 0. The van der Waals surface area contributed by atoms with E-state index in [1.54, 1.807) is 0 Å². The number of hydrogen-bond donors (Lipinski definition) is 2. The van der Waals surface area contributed by atoms with Crippen molar-refractivity contribution >= 4 is 5.91 Å². The minimum absolute atomic E-state index is 0.263. The third kappa shape index (κ3) is 3.98. The van der Waals surface area contributed by atoms with Crippen LogP contribution in [0.25, 0.3) is 0 Å². The van der Waals surface area contributed by atoms with E-state index in [-0.39, 0.29) is 5.92 Å². The Bertz CT molecular complexity index is 241. The average Bonchev–Trinajstić information content (AvgIpc) is 2.39. The van der Waals surface area contributed by atoms with Gasteiger partial charge in [-0.15, -0.1) is 0 Å². The van der Waals surface area contributed by atoms with Gasteiger partial charge >= 0.3 is 0 Å². The number of rotatable bonds is 3. The Kier molecular flexibility index (Phi) is 4.84. The average molecular weight is 238 g/mol. The first-order valence-corrected chi connectivity index (χ1v) is 7.24. The Morgan fingerprint density at radius 3 is 2.41 bits per heavy atom. The fourth-order valence-corrected chi connectivity index (χ4v) is 3.01. The molecule has 1 saturated carbocycles. The van der Waals surface area contributed by atoms with Gasteiger partial charge in [-0.1, -0.05) is 19.8 Å². The van der Waals surface area contributed by atoms with E-state index in [1.807, 2.05) is 0 Å². The Balaban J connectivity index is 1.65. The predicted octanol–water partition coefficient (Wildman–Crippen LogP) is 1.93. The normalized spacial score (nSPS) is 31.1. The maximum Gasteiger partial charge on any atom is 0.223 e. The fraction of sp³-hybridized carbons (Fsp3) is 0.929. The molecule has 0 aromatic rings. The summed E-state index contributed by atoms with van der Waals surface area (Å²) >= 11 is 0. The molecule has 0 spiro atoms. The molecule has 0 aromatic heterocycles. The van der Waals surface area contributed by atoms with Crippen molar-refractivity contribution in [2.45, 2.75) is 45.4 Å². The van der Waals surface area contributed by atoms with Crippen LogP contribution in [0.15, 0.2) is 0 Å². The van der Waals surface area contributed by atoms with E-state index in [9.17, 15) is 4.79 Å². The second-order valence-corrected chi connectivity index (χ2v) is 5.90. The first kappa shape index (κ1) is 12.9. The SMILES string of the molecule is CC1CCC(CNC(=O)C2CCNCC2)CC1.